The Morgan fingerprint density at radius 2 is 2.16 bits per heavy atom. The zero-order valence-electron chi connectivity index (χ0n) is 11.5. The van der Waals surface area contributed by atoms with Crippen molar-refractivity contribution in [1.29, 1.82) is 0 Å². The largest absolute Gasteiger partial charge is 0.491 e. The van der Waals surface area contributed by atoms with Gasteiger partial charge in [-0.2, -0.15) is 11.8 Å². The van der Waals surface area contributed by atoms with Crippen LogP contribution in [0.3, 0.4) is 0 Å². The van der Waals surface area contributed by atoms with Crippen LogP contribution >= 0.6 is 11.8 Å². The molecule has 1 aromatic carbocycles. The Labute approximate surface area is 120 Å². The summed E-state index contributed by atoms with van der Waals surface area (Å²) < 4.78 is 5.51. The first-order valence-electron chi connectivity index (χ1n) is 6.49. The van der Waals surface area contributed by atoms with Crippen LogP contribution in [0.2, 0.25) is 0 Å². The Morgan fingerprint density at radius 1 is 1.42 bits per heavy atom. The first kappa shape index (κ1) is 16.1. The van der Waals surface area contributed by atoms with Crippen LogP contribution in [0.25, 0.3) is 0 Å². The Bertz CT molecular complexity index is 354. The Morgan fingerprint density at radius 3 is 2.84 bits per heavy atom. The summed E-state index contributed by atoms with van der Waals surface area (Å²) >= 11 is 1.82. The van der Waals surface area contributed by atoms with Crippen molar-refractivity contribution in [2.75, 3.05) is 31.2 Å². The van der Waals surface area contributed by atoms with E-state index in [4.69, 9.17) is 4.74 Å². The van der Waals surface area contributed by atoms with Crippen LogP contribution in [0.15, 0.2) is 36.9 Å². The summed E-state index contributed by atoms with van der Waals surface area (Å²) in [6.45, 7) is 7.46. The lowest BCUT2D eigenvalue weighted by atomic mass is 10.2. The average molecular weight is 281 g/mol. The molecule has 0 saturated carbocycles. The van der Waals surface area contributed by atoms with Crippen LogP contribution in [-0.2, 0) is 0 Å². The molecule has 0 aliphatic rings. The van der Waals surface area contributed by atoms with Crippen LogP contribution in [0.5, 0.6) is 5.75 Å². The summed E-state index contributed by atoms with van der Waals surface area (Å²) in [4.78, 5) is 0. The number of ether oxygens (including phenoxy) is 1. The molecule has 0 amide bonds. The number of benzene rings is 1. The highest BCUT2D eigenvalue weighted by molar-refractivity contribution is 7.99. The molecule has 106 valence electrons. The molecular formula is C15H23NO2S. The second-order valence-electron chi connectivity index (χ2n) is 4.35. The van der Waals surface area contributed by atoms with Gasteiger partial charge in [-0.1, -0.05) is 23.8 Å². The number of nitrogens with one attached hydrogen (secondary N) is 1. The van der Waals surface area contributed by atoms with Gasteiger partial charge in [0.05, 0.1) is 0 Å². The number of hydrogen-bond donors (Lipinski definition) is 2. The van der Waals surface area contributed by atoms with E-state index in [0.717, 1.165) is 23.8 Å². The molecule has 4 heteroatoms. The summed E-state index contributed by atoms with van der Waals surface area (Å²) in [5, 5.41) is 13.0. The summed E-state index contributed by atoms with van der Waals surface area (Å²) in [7, 11) is 0. The molecular weight excluding hydrogens is 258 g/mol. The second kappa shape index (κ2) is 9.89. The molecule has 1 atom stereocenters. The van der Waals surface area contributed by atoms with Crippen molar-refractivity contribution in [3.8, 4) is 5.75 Å². The molecule has 0 aliphatic heterocycles. The summed E-state index contributed by atoms with van der Waals surface area (Å²) in [5.74, 6) is 2.80. The highest BCUT2D eigenvalue weighted by Crippen LogP contribution is 2.11. The quantitative estimate of drug-likeness (QED) is 0.510. The lowest BCUT2D eigenvalue weighted by Crippen LogP contribution is -2.32. The van der Waals surface area contributed by atoms with Gasteiger partial charge in [0.2, 0.25) is 0 Å². The average Bonchev–Trinajstić information content (AvgIpc) is 2.42. The topological polar surface area (TPSA) is 41.5 Å². The third-order valence-corrected chi connectivity index (χ3v) is 3.47. The predicted octanol–water partition coefficient (Wildman–Crippen LogP) is 2.24. The van der Waals surface area contributed by atoms with Gasteiger partial charge in [0.15, 0.2) is 0 Å². The molecule has 19 heavy (non-hydrogen) atoms. The minimum atomic E-state index is -0.481. The van der Waals surface area contributed by atoms with Gasteiger partial charge in [0.1, 0.15) is 18.5 Å². The third-order valence-electron chi connectivity index (χ3n) is 2.50. The Kier molecular flexibility index (Phi) is 8.38. The van der Waals surface area contributed by atoms with Gasteiger partial charge in [0, 0.05) is 24.6 Å². The fourth-order valence-electron chi connectivity index (χ4n) is 1.47. The molecule has 2 N–H and O–H groups in total. The first-order valence-corrected chi connectivity index (χ1v) is 7.64. The van der Waals surface area contributed by atoms with Gasteiger partial charge >= 0.3 is 0 Å². The molecule has 1 unspecified atom stereocenters. The van der Waals surface area contributed by atoms with Crippen molar-refractivity contribution in [3.05, 3.63) is 42.5 Å². The first-order chi connectivity index (χ1) is 9.22. The fraction of sp³-hybridized carbons (Fsp3) is 0.467. The molecule has 1 aromatic rings. The van der Waals surface area contributed by atoms with Crippen LogP contribution < -0.4 is 10.1 Å². The SMILES string of the molecule is C=CCSCCNCC(O)COc1ccc(C)cc1. The van der Waals surface area contributed by atoms with Crippen LogP contribution in [0, 0.1) is 6.92 Å². The number of rotatable bonds is 10. The smallest absolute Gasteiger partial charge is 0.119 e. The molecule has 0 heterocycles. The number of aliphatic hydroxyl groups excluding tert-OH is 1. The number of hydrogen-bond acceptors (Lipinski definition) is 4. The van der Waals surface area contributed by atoms with Crippen LogP contribution in [0.4, 0.5) is 0 Å². The number of aliphatic hydroxyl groups is 1. The summed E-state index contributed by atoms with van der Waals surface area (Å²) in [6.07, 6.45) is 1.42. The molecule has 0 aromatic heterocycles. The highest BCUT2D eigenvalue weighted by Gasteiger charge is 2.04. The molecule has 3 nitrogen and oxygen atoms in total. The standard InChI is InChI=1S/C15H23NO2S/c1-3-9-19-10-8-16-11-14(17)12-18-15-6-4-13(2)5-7-15/h3-7,14,16-17H,1,8-12H2,2H3. The molecule has 0 radical (unpaired) electrons. The van der Waals surface area contributed by atoms with Crippen molar-refractivity contribution < 1.29 is 9.84 Å². The summed E-state index contributed by atoms with van der Waals surface area (Å²) in [6, 6.07) is 7.83. The molecule has 0 bridgehead atoms. The lowest BCUT2D eigenvalue weighted by Gasteiger charge is -2.13. The van der Waals surface area contributed by atoms with E-state index in [1.807, 2.05) is 49.0 Å². The van der Waals surface area contributed by atoms with Gasteiger partial charge in [-0.3, -0.25) is 0 Å². The van der Waals surface area contributed by atoms with Gasteiger partial charge in [-0.25, -0.2) is 0 Å². The minimum Gasteiger partial charge on any atom is -0.491 e. The van der Waals surface area contributed by atoms with E-state index in [2.05, 4.69) is 11.9 Å². The monoisotopic (exact) mass is 281 g/mol. The molecule has 0 fully saturated rings. The van der Waals surface area contributed by atoms with E-state index in [0.29, 0.717) is 13.2 Å². The zero-order chi connectivity index (χ0) is 13.9. The van der Waals surface area contributed by atoms with Crippen molar-refractivity contribution in [2.45, 2.75) is 13.0 Å². The maximum absolute atomic E-state index is 9.76. The molecule has 0 spiro atoms. The molecule has 1 rings (SSSR count). The lowest BCUT2D eigenvalue weighted by molar-refractivity contribution is 0.107. The van der Waals surface area contributed by atoms with E-state index < -0.39 is 6.10 Å². The van der Waals surface area contributed by atoms with Crippen molar-refractivity contribution in [3.63, 3.8) is 0 Å². The van der Waals surface area contributed by atoms with Crippen LogP contribution in [0.1, 0.15) is 5.56 Å². The fourth-order valence-corrected chi connectivity index (χ4v) is 2.09. The second-order valence-corrected chi connectivity index (χ2v) is 5.50. The van der Waals surface area contributed by atoms with Crippen molar-refractivity contribution in [2.24, 2.45) is 0 Å². The van der Waals surface area contributed by atoms with E-state index >= 15 is 0 Å². The predicted molar refractivity (Wildman–Crippen MR) is 83.1 cm³/mol. The maximum atomic E-state index is 9.76. The Hall–Kier alpha value is -0.970. The van der Waals surface area contributed by atoms with E-state index in [9.17, 15) is 5.11 Å². The molecule has 0 saturated heterocycles. The highest BCUT2D eigenvalue weighted by atomic mass is 32.2. The normalized spacial score (nSPS) is 12.1. The Balaban J connectivity index is 2.06. The van der Waals surface area contributed by atoms with Crippen molar-refractivity contribution in [1.82, 2.24) is 5.32 Å². The van der Waals surface area contributed by atoms with E-state index in [1.54, 1.807) is 0 Å². The van der Waals surface area contributed by atoms with Gasteiger partial charge in [-0.05, 0) is 19.1 Å². The van der Waals surface area contributed by atoms with Gasteiger partial charge in [-0.15, -0.1) is 6.58 Å². The van der Waals surface area contributed by atoms with Crippen molar-refractivity contribution >= 4 is 11.8 Å². The van der Waals surface area contributed by atoms with Gasteiger partial charge in [0.25, 0.3) is 0 Å². The van der Waals surface area contributed by atoms with E-state index in [1.165, 1.54) is 5.56 Å². The minimum absolute atomic E-state index is 0.315. The zero-order valence-corrected chi connectivity index (χ0v) is 12.3. The number of aryl methyl sites for hydroxylation is 1. The van der Waals surface area contributed by atoms with E-state index in [-0.39, 0.29) is 0 Å². The van der Waals surface area contributed by atoms with Gasteiger partial charge < -0.3 is 15.2 Å². The maximum Gasteiger partial charge on any atom is 0.119 e. The third kappa shape index (κ3) is 7.93. The van der Waals surface area contributed by atoms with Crippen LogP contribution in [-0.4, -0.2) is 42.4 Å². The molecule has 0 aliphatic carbocycles. The number of thioether (sulfide) groups is 1. The summed E-state index contributed by atoms with van der Waals surface area (Å²) in [5.41, 5.74) is 1.20.